The SMILES string of the molecule is C[C@@H]1CN(c2ncnc3c(Cl)ccc(-c4cnccc4C(F)(F)F)c23)[C@@H](C)CN1C(=O)OC(C)(C)C. The molecule has 192 valence electrons. The predicted octanol–water partition coefficient (Wildman–Crippen LogP) is 6.20. The summed E-state index contributed by atoms with van der Waals surface area (Å²) in [4.78, 5) is 29.1. The van der Waals surface area contributed by atoms with Crippen LogP contribution in [0.4, 0.5) is 23.8 Å². The van der Waals surface area contributed by atoms with Crippen molar-refractivity contribution in [3.63, 3.8) is 0 Å². The first-order chi connectivity index (χ1) is 16.8. The summed E-state index contributed by atoms with van der Waals surface area (Å²) < 4.78 is 47.2. The van der Waals surface area contributed by atoms with E-state index in [0.717, 1.165) is 12.3 Å². The van der Waals surface area contributed by atoms with E-state index in [4.69, 9.17) is 16.3 Å². The van der Waals surface area contributed by atoms with Crippen molar-refractivity contribution in [3.8, 4) is 11.1 Å². The number of anilines is 1. The summed E-state index contributed by atoms with van der Waals surface area (Å²) in [5.41, 5.74) is -0.917. The van der Waals surface area contributed by atoms with E-state index < -0.39 is 23.4 Å². The molecule has 1 aliphatic heterocycles. The number of halogens is 4. The molecule has 0 radical (unpaired) electrons. The van der Waals surface area contributed by atoms with Crippen LogP contribution in [0, 0.1) is 0 Å². The Labute approximate surface area is 212 Å². The zero-order chi connectivity index (χ0) is 26.4. The Morgan fingerprint density at radius 3 is 2.44 bits per heavy atom. The van der Waals surface area contributed by atoms with Gasteiger partial charge in [-0.15, -0.1) is 0 Å². The second kappa shape index (κ2) is 9.38. The monoisotopic (exact) mass is 521 g/mol. The van der Waals surface area contributed by atoms with Crippen molar-refractivity contribution < 1.29 is 22.7 Å². The number of amides is 1. The maximum absolute atomic E-state index is 13.9. The van der Waals surface area contributed by atoms with Gasteiger partial charge in [0.15, 0.2) is 0 Å². The molecule has 2 aromatic heterocycles. The highest BCUT2D eigenvalue weighted by Crippen LogP contribution is 2.43. The number of alkyl halides is 3. The number of nitrogens with zero attached hydrogens (tertiary/aromatic N) is 5. The van der Waals surface area contributed by atoms with Crippen LogP contribution in [0.5, 0.6) is 0 Å². The average Bonchev–Trinajstić information content (AvgIpc) is 2.79. The van der Waals surface area contributed by atoms with Crippen LogP contribution in [0.25, 0.3) is 22.0 Å². The highest BCUT2D eigenvalue weighted by Gasteiger charge is 2.37. The standard InChI is InChI=1S/C25H27ClF3N5O2/c1-14-12-34(23(35)36-24(3,4)5)15(2)11-33(14)22-20-16(6-7-19(26)21(20)31-13-32-22)17-10-30-9-8-18(17)25(27,28)29/h6-10,13-15H,11-12H2,1-5H3/t14-,15+/m0/s1. The summed E-state index contributed by atoms with van der Waals surface area (Å²) in [6, 6.07) is 3.55. The highest BCUT2D eigenvalue weighted by atomic mass is 35.5. The smallest absolute Gasteiger partial charge is 0.417 e. The van der Waals surface area contributed by atoms with Crippen LogP contribution in [0.15, 0.2) is 36.9 Å². The van der Waals surface area contributed by atoms with E-state index in [9.17, 15) is 18.0 Å². The van der Waals surface area contributed by atoms with Gasteiger partial charge >= 0.3 is 12.3 Å². The first kappa shape index (κ1) is 25.9. The fraction of sp³-hybridized carbons (Fsp3) is 0.440. The van der Waals surface area contributed by atoms with Crippen LogP contribution in [-0.2, 0) is 10.9 Å². The fourth-order valence-electron chi connectivity index (χ4n) is 4.42. The molecule has 4 rings (SSSR count). The molecule has 2 atom stereocenters. The number of carbonyl (C=O) groups is 1. The van der Waals surface area contributed by atoms with Crippen molar-refractivity contribution in [2.24, 2.45) is 0 Å². The first-order valence-electron chi connectivity index (χ1n) is 11.5. The molecular formula is C25H27ClF3N5O2. The second-order valence-corrected chi connectivity index (χ2v) is 10.3. The number of hydrogen-bond acceptors (Lipinski definition) is 6. The van der Waals surface area contributed by atoms with Gasteiger partial charge in [0.25, 0.3) is 0 Å². The summed E-state index contributed by atoms with van der Waals surface area (Å²) in [7, 11) is 0. The van der Waals surface area contributed by atoms with Crippen LogP contribution < -0.4 is 4.90 Å². The molecule has 36 heavy (non-hydrogen) atoms. The predicted molar refractivity (Wildman–Crippen MR) is 132 cm³/mol. The number of rotatable bonds is 2. The van der Waals surface area contributed by atoms with E-state index in [2.05, 4.69) is 15.0 Å². The van der Waals surface area contributed by atoms with Crippen molar-refractivity contribution in [1.29, 1.82) is 0 Å². The summed E-state index contributed by atoms with van der Waals surface area (Å²) in [5, 5.41) is 0.691. The molecule has 1 aromatic carbocycles. The Balaban J connectivity index is 1.82. The number of piperazine rings is 1. The lowest BCUT2D eigenvalue weighted by Gasteiger charge is -2.45. The number of fused-ring (bicyclic) bond motifs is 1. The van der Waals surface area contributed by atoms with Crippen LogP contribution >= 0.6 is 11.6 Å². The Morgan fingerprint density at radius 2 is 1.78 bits per heavy atom. The minimum Gasteiger partial charge on any atom is -0.444 e. The molecule has 0 aliphatic carbocycles. The molecule has 3 aromatic rings. The van der Waals surface area contributed by atoms with Gasteiger partial charge in [-0.2, -0.15) is 13.2 Å². The Hall–Kier alpha value is -3.14. The van der Waals surface area contributed by atoms with Gasteiger partial charge in [0.2, 0.25) is 0 Å². The minimum atomic E-state index is -4.58. The summed E-state index contributed by atoms with van der Waals surface area (Å²) in [6.45, 7) is 9.97. The molecule has 0 bridgehead atoms. The lowest BCUT2D eigenvalue weighted by molar-refractivity contribution is -0.137. The molecule has 0 N–H and O–H groups in total. The molecule has 1 fully saturated rings. The fourth-order valence-corrected chi connectivity index (χ4v) is 4.63. The van der Waals surface area contributed by atoms with Crippen molar-refractivity contribution in [2.75, 3.05) is 18.0 Å². The molecule has 1 saturated heterocycles. The number of hydrogen-bond donors (Lipinski definition) is 0. The maximum atomic E-state index is 13.9. The molecule has 1 aliphatic rings. The van der Waals surface area contributed by atoms with Gasteiger partial charge in [0, 0.05) is 43.1 Å². The molecule has 0 unspecified atom stereocenters. The Bertz CT molecular complexity index is 1290. The average molecular weight is 522 g/mol. The van der Waals surface area contributed by atoms with Crippen molar-refractivity contribution in [2.45, 2.75) is 58.5 Å². The van der Waals surface area contributed by atoms with Crippen LogP contribution in [-0.4, -0.2) is 56.7 Å². The number of benzene rings is 1. The molecule has 7 nitrogen and oxygen atoms in total. The van der Waals surface area contributed by atoms with E-state index in [-0.39, 0.29) is 23.2 Å². The molecule has 0 saturated carbocycles. The van der Waals surface area contributed by atoms with Gasteiger partial charge in [-0.3, -0.25) is 4.98 Å². The number of pyridine rings is 1. The number of ether oxygens (including phenoxy) is 1. The van der Waals surface area contributed by atoms with Gasteiger partial charge in [-0.05, 0) is 52.3 Å². The first-order valence-corrected chi connectivity index (χ1v) is 11.9. The number of carbonyl (C=O) groups excluding carboxylic acids is 1. The van der Waals surface area contributed by atoms with E-state index in [0.29, 0.717) is 34.8 Å². The minimum absolute atomic E-state index is 0.0872. The van der Waals surface area contributed by atoms with Gasteiger partial charge in [0.1, 0.15) is 17.7 Å². The van der Waals surface area contributed by atoms with E-state index in [1.807, 2.05) is 18.7 Å². The Morgan fingerprint density at radius 1 is 1.06 bits per heavy atom. The topological polar surface area (TPSA) is 71.5 Å². The highest BCUT2D eigenvalue weighted by molar-refractivity contribution is 6.36. The van der Waals surface area contributed by atoms with E-state index in [1.165, 1.54) is 24.7 Å². The van der Waals surface area contributed by atoms with E-state index in [1.54, 1.807) is 25.7 Å². The summed E-state index contributed by atoms with van der Waals surface area (Å²) in [6.07, 6.45) is -1.35. The quantitative estimate of drug-likeness (QED) is 0.400. The Kier molecular flexibility index (Phi) is 6.76. The van der Waals surface area contributed by atoms with Gasteiger partial charge in [-0.25, -0.2) is 14.8 Å². The van der Waals surface area contributed by atoms with Crippen molar-refractivity contribution in [3.05, 3.63) is 47.5 Å². The van der Waals surface area contributed by atoms with Crippen molar-refractivity contribution >= 4 is 34.4 Å². The second-order valence-electron chi connectivity index (χ2n) is 9.92. The van der Waals surface area contributed by atoms with Gasteiger partial charge in [-0.1, -0.05) is 17.7 Å². The van der Waals surface area contributed by atoms with Gasteiger partial charge < -0.3 is 14.5 Å². The third kappa shape index (κ3) is 5.04. The normalized spacial score (nSPS) is 19.0. The zero-order valence-corrected chi connectivity index (χ0v) is 21.4. The van der Waals surface area contributed by atoms with E-state index >= 15 is 0 Å². The lowest BCUT2D eigenvalue weighted by Crippen LogP contribution is -2.59. The summed E-state index contributed by atoms with van der Waals surface area (Å²) in [5.74, 6) is 0.442. The maximum Gasteiger partial charge on any atom is 0.417 e. The lowest BCUT2D eigenvalue weighted by atomic mass is 9.97. The molecular weight excluding hydrogens is 495 g/mol. The molecule has 1 amide bonds. The van der Waals surface area contributed by atoms with Crippen molar-refractivity contribution in [1.82, 2.24) is 19.9 Å². The molecule has 0 spiro atoms. The number of aromatic nitrogens is 3. The third-order valence-corrected chi connectivity index (χ3v) is 6.33. The molecule has 11 heteroatoms. The summed E-state index contributed by atoms with van der Waals surface area (Å²) >= 11 is 6.43. The van der Waals surface area contributed by atoms with Crippen LogP contribution in [0.2, 0.25) is 5.02 Å². The third-order valence-electron chi connectivity index (χ3n) is 6.02. The van der Waals surface area contributed by atoms with Gasteiger partial charge in [0.05, 0.1) is 21.5 Å². The van der Waals surface area contributed by atoms with Crippen LogP contribution in [0.3, 0.4) is 0 Å². The largest absolute Gasteiger partial charge is 0.444 e. The van der Waals surface area contributed by atoms with Crippen LogP contribution in [0.1, 0.15) is 40.2 Å². The molecule has 3 heterocycles. The zero-order valence-electron chi connectivity index (χ0n) is 20.6.